The third-order valence-corrected chi connectivity index (χ3v) is 10.9. The topological polar surface area (TPSA) is 142 Å². The Morgan fingerprint density at radius 1 is 0.473 bits per heavy atom. The lowest BCUT2D eigenvalue weighted by Gasteiger charge is -2.18. The number of amides is 2. The van der Waals surface area contributed by atoms with Gasteiger partial charge >= 0.3 is 11.9 Å². The monoisotopic (exact) mass is 781 g/mol. The summed E-state index contributed by atoms with van der Waals surface area (Å²) in [5.74, 6) is -2.27. The summed E-state index contributed by atoms with van der Waals surface area (Å²) in [4.78, 5) is 47.5. The number of aliphatic hydroxyl groups is 1. The first-order chi connectivity index (χ1) is 26.8. The van der Waals surface area contributed by atoms with Crippen molar-refractivity contribution in [2.75, 3.05) is 13.2 Å². The average molecular weight is 781 g/mol. The lowest BCUT2D eigenvalue weighted by molar-refractivity contribution is -0.150. The van der Waals surface area contributed by atoms with Gasteiger partial charge in [-0.25, -0.2) is 4.79 Å². The van der Waals surface area contributed by atoms with E-state index in [2.05, 4.69) is 24.5 Å². The van der Waals surface area contributed by atoms with E-state index < -0.39 is 24.5 Å². The minimum atomic E-state index is -1.38. The minimum absolute atomic E-state index is 0.00303. The second kappa shape index (κ2) is 41.5. The molecule has 0 aliphatic heterocycles. The van der Waals surface area contributed by atoms with Gasteiger partial charge in [-0.15, -0.1) is 0 Å². The van der Waals surface area contributed by atoms with Gasteiger partial charge in [0.15, 0.2) is 0 Å². The Bertz CT molecular complexity index is 900. The van der Waals surface area contributed by atoms with Crippen LogP contribution in [0.1, 0.15) is 245 Å². The Morgan fingerprint density at radius 2 is 0.818 bits per heavy atom. The van der Waals surface area contributed by atoms with Crippen molar-refractivity contribution in [2.24, 2.45) is 0 Å². The highest BCUT2D eigenvalue weighted by molar-refractivity contribution is 5.87. The third kappa shape index (κ3) is 38.5. The second-order valence-electron chi connectivity index (χ2n) is 16.2. The fourth-order valence-corrected chi connectivity index (χ4v) is 7.25. The van der Waals surface area contributed by atoms with Gasteiger partial charge in [0.2, 0.25) is 11.8 Å². The number of hydrogen-bond acceptors (Lipinski definition) is 6. The van der Waals surface area contributed by atoms with Gasteiger partial charge in [0.05, 0.1) is 13.2 Å². The molecule has 0 rings (SSSR count). The van der Waals surface area contributed by atoms with Crippen molar-refractivity contribution < 1.29 is 34.1 Å². The van der Waals surface area contributed by atoms with Crippen LogP contribution in [0.15, 0.2) is 0 Å². The molecule has 0 aromatic heterocycles. The molecule has 0 saturated heterocycles. The first-order valence-corrected chi connectivity index (χ1v) is 23.4. The zero-order valence-corrected chi connectivity index (χ0v) is 36.0. The molecular formula is C46H88N2O7. The van der Waals surface area contributed by atoms with Gasteiger partial charge in [0.1, 0.15) is 12.1 Å². The molecule has 0 bridgehead atoms. The molecule has 55 heavy (non-hydrogen) atoms. The summed E-state index contributed by atoms with van der Waals surface area (Å²) in [6.45, 7) is 3.49. The van der Waals surface area contributed by atoms with E-state index in [1.807, 2.05) is 0 Å². The maximum absolute atomic E-state index is 12.8. The number of carbonyl (C=O) groups excluding carboxylic acids is 3. The second-order valence-corrected chi connectivity index (χ2v) is 16.2. The molecule has 324 valence electrons. The molecule has 0 saturated carbocycles. The standard InChI is InChI=1S/C46H88N2O7/c1-3-5-7-9-11-12-13-14-15-16-17-18-19-20-21-22-23-25-30-34-38-45(52)55-41(35-31-27-24-10-8-6-4-2)36-32-28-26-29-33-37-43(50)47-39-44(51)48-42(40-49)46(53)54/h41-42,49H,3-40H2,1-2H3,(H,47,50)(H,48,51)(H,53,54). The third-order valence-electron chi connectivity index (χ3n) is 10.9. The number of esters is 1. The Kier molecular flexibility index (Phi) is 39.8. The molecule has 4 N–H and O–H groups in total. The van der Waals surface area contributed by atoms with Gasteiger partial charge in [-0.2, -0.15) is 0 Å². The van der Waals surface area contributed by atoms with Gasteiger partial charge in [0.25, 0.3) is 0 Å². The molecule has 0 fully saturated rings. The Balaban J connectivity index is 4.02. The van der Waals surface area contributed by atoms with Crippen molar-refractivity contribution >= 4 is 23.8 Å². The number of ether oxygens (including phenoxy) is 1. The zero-order chi connectivity index (χ0) is 40.5. The van der Waals surface area contributed by atoms with Gasteiger partial charge in [-0.05, 0) is 38.5 Å². The van der Waals surface area contributed by atoms with E-state index in [0.29, 0.717) is 19.3 Å². The molecule has 0 radical (unpaired) electrons. The first-order valence-electron chi connectivity index (χ1n) is 23.4. The number of nitrogens with one attached hydrogen (secondary N) is 2. The number of carbonyl (C=O) groups is 4. The molecule has 2 atom stereocenters. The molecule has 0 aromatic carbocycles. The van der Waals surface area contributed by atoms with Crippen LogP contribution in [0.3, 0.4) is 0 Å². The molecule has 0 spiro atoms. The van der Waals surface area contributed by atoms with Gasteiger partial charge < -0.3 is 25.6 Å². The highest BCUT2D eigenvalue weighted by Gasteiger charge is 2.19. The smallest absolute Gasteiger partial charge is 0.328 e. The van der Waals surface area contributed by atoms with Gasteiger partial charge in [0, 0.05) is 12.8 Å². The molecule has 9 nitrogen and oxygen atoms in total. The number of aliphatic carboxylic acids is 1. The molecule has 2 amide bonds. The molecule has 0 aliphatic carbocycles. The van der Waals surface area contributed by atoms with Crippen LogP contribution in [0.25, 0.3) is 0 Å². The molecule has 9 heteroatoms. The number of unbranched alkanes of at least 4 members (excludes halogenated alkanes) is 29. The van der Waals surface area contributed by atoms with Crippen LogP contribution in [0, 0.1) is 0 Å². The Labute approximate surface area is 338 Å². The molecule has 0 aromatic rings. The number of aliphatic hydroxyl groups excluding tert-OH is 1. The van der Waals surface area contributed by atoms with Gasteiger partial charge in [-0.1, -0.05) is 194 Å². The summed E-state index contributed by atoms with van der Waals surface area (Å²) in [6, 6.07) is -1.38. The molecular weight excluding hydrogens is 693 g/mol. The van der Waals surface area contributed by atoms with E-state index in [0.717, 1.165) is 57.8 Å². The predicted octanol–water partition coefficient (Wildman–Crippen LogP) is 11.7. The zero-order valence-electron chi connectivity index (χ0n) is 36.0. The van der Waals surface area contributed by atoms with E-state index >= 15 is 0 Å². The quantitative estimate of drug-likeness (QED) is 0.0356. The average Bonchev–Trinajstić information content (AvgIpc) is 3.17. The van der Waals surface area contributed by atoms with E-state index in [4.69, 9.17) is 14.9 Å². The Morgan fingerprint density at radius 3 is 1.18 bits per heavy atom. The van der Waals surface area contributed by atoms with Crippen molar-refractivity contribution in [2.45, 2.75) is 257 Å². The minimum Gasteiger partial charge on any atom is -0.480 e. The van der Waals surface area contributed by atoms with Crippen LogP contribution in [0.4, 0.5) is 0 Å². The first kappa shape index (κ1) is 52.8. The van der Waals surface area contributed by atoms with Crippen LogP contribution >= 0.6 is 0 Å². The van der Waals surface area contributed by atoms with Gasteiger partial charge in [-0.3, -0.25) is 14.4 Å². The van der Waals surface area contributed by atoms with Crippen molar-refractivity contribution in [3.05, 3.63) is 0 Å². The largest absolute Gasteiger partial charge is 0.480 e. The summed E-state index contributed by atoms with van der Waals surface area (Å²) in [6.07, 6.45) is 42.9. The van der Waals surface area contributed by atoms with Crippen LogP contribution < -0.4 is 10.6 Å². The van der Waals surface area contributed by atoms with Crippen LogP contribution in [-0.4, -0.2) is 59.3 Å². The number of rotatable bonds is 43. The molecule has 2 unspecified atom stereocenters. The maximum atomic E-state index is 12.8. The van der Waals surface area contributed by atoms with Crippen LogP contribution in [-0.2, 0) is 23.9 Å². The Hall–Kier alpha value is -2.16. The van der Waals surface area contributed by atoms with Crippen molar-refractivity contribution in [3.63, 3.8) is 0 Å². The van der Waals surface area contributed by atoms with Crippen molar-refractivity contribution in [1.29, 1.82) is 0 Å². The summed E-state index contributed by atoms with van der Waals surface area (Å²) < 4.78 is 6.01. The normalized spacial score (nSPS) is 12.3. The highest BCUT2D eigenvalue weighted by Crippen LogP contribution is 2.19. The SMILES string of the molecule is CCCCCCCCCCCCCCCCCCCCCCC(=O)OC(CCCCCCCCC)CCCCCCCC(=O)NCC(=O)NC(CO)C(=O)O. The lowest BCUT2D eigenvalue weighted by Crippen LogP contribution is -2.47. The lowest BCUT2D eigenvalue weighted by atomic mass is 10.0. The molecule has 0 heterocycles. The summed E-state index contributed by atoms with van der Waals surface area (Å²) in [5.41, 5.74) is 0. The highest BCUT2D eigenvalue weighted by atomic mass is 16.5. The molecule has 0 aliphatic rings. The number of carboxylic acid groups (broad SMARTS) is 1. The van der Waals surface area contributed by atoms with E-state index in [-0.39, 0.29) is 24.5 Å². The number of hydrogen-bond donors (Lipinski definition) is 4. The van der Waals surface area contributed by atoms with Crippen molar-refractivity contribution in [3.8, 4) is 0 Å². The summed E-state index contributed by atoms with van der Waals surface area (Å²) in [5, 5.41) is 22.5. The maximum Gasteiger partial charge on any atom is 0.328 e. The predicted molar refractivity (Wildman–Crippen MR) is 227 cm³/mol. The van der Waals surface area contributed by atoms with E-state index in [9.17, 15) is 19.2 Å². The van der Waals surface area contributed by atoms with Crippen molar-refractivity contribution in [1.82, 2.24) is 10.6 Å². The fourth-order valence-electron chi connectivity index (χ4n) is 7.25. The van der Waals surface area contributed by atoms with E-state index in [1.54, 1.807) is 0 Å². The summed E-state index contributed by atoms with van der Waals surface area (Å²) >= 11 is 0. The number of carboxylic acids is 1. The van der Waals surface area contributed by atoms with E-state index in [1.165, 1.54) is 154 Å². The van der Waals surface area contributed by atoms with Crippen LogP contribution in [0.2, 0.25) is 0 Å². The fraction of sp³-hybridized carbons (Fsp3) is 0.913. The van der Waals surface area contributed by atoms with Crippen LogP contribution in [0.5, 0.6) is 0 Å². The summed E-state index contributed by atoms with van der Waals surface area (Å²) in [7, 11) is 0.